The van der Waals surface area contributed by atoms with Crippen molar-refractivity contribution in [3.8, 4) is 17.0 Å². The minimum Gasteiger partial charge on any atom is -0.497 e. The smallest absolute Gasteiger partial charge is 0.243 e. The highest BCUT2D eigenvalue weighted by molar-refractivity contribution is 6.30. The number of carbonyl (C=O) groups excluding carboxylic acids is 2. The number of nitrogens with zero attached hydrogens (tertiary/aromatic N) is 4. The van der Waals surface area contributed by atoms with Crippen LogP contribution in [0.1, 0.15) is 23.1 Å². The molecule has 2 aromatic heterocycles. The molecule has 0 spiro atoms. The van der Waals surface area contributed by atoms with Crippen LogP contribution in [0, 0.1) is 0 Å². The van der Waals surface area contributed by atoms with Crippen molar-refractivity contribution >= 4 is 29.2 Å². The third-order valence-corrected chi connectivity index (χ3v) is 6.43. The maximum Gasteiger partial charge on any atom is 0.243 e. The van der Waals surface area contributed by atoms with E-state index in [1.54, 1.807) is 36.5 Å². The number of methoxy groups -OCH3 is 1. The molecule has 0 fully saturated rings. The fourth-order valence-electron chi connectivity index (χ4n) is 4.40. The number of carbonyl (C=O) groups is 2. The largest absolute Gasteiger partial charge is 0.497 e. The fraction of sp³-hybridized carbons (Fsp3) is 0.280. The molecule has 2 aliphatic rings. The van der Waals surface area contributed by atoms with Crippen molar-refractivity contribution in [2.24, 2.45) is 0 Å². The van der Waals surface area contributed by atoms with Gasteiger partial charge >= 0.3 is 0 Å². The predicted octanol–water partition coefficient (Wildman–Crippen LogP) is 3.67. The number of aromatic nitrogens is 2. The number of benzene rings is 1. The van der Waals surface area contributed by atoms with Gasteiger partial charge in [-0.25, -0.2) is 4.98 Å². The summed E-state index contributed by atoms with van der Waals surface area (Å²) in [5, 5.41) is 0.598. The van der Waals surface area contributed by atoms with Crippen LogP contribution in [0.5, 0.6) is 5.75 Å². The maximum absolute atomic E-state index is 13.2. The number of hydrogen-bond acceptors (Lipinski definition) is 5. The molecule has 168 valence electrons. The Balaban J connectivity index is 1.36. The van der Waals surface area contributed by atoms with Crippen LogP contribution >= 0.6 is 11.6 Å². The SMILES string of the molecule is COc1ccc2c(c1)CN(C(=O)CN1C(=O)CCc3cc(-c4cc(Cl)ccn4)cnc31)CC2. The van der Waals surface area contributed by atoms with E-state index in [4.69, 9.17) is 16.3 Å². The van der Waals surface area contributed by atoms with Gasteiger partial charge in [-0.1, -0.05) is 17.7 Å². The van der Waals surface area contributed by atoms with Gasteiger partial charge in [0.05, 0.1) is 12.8 Å². The first kappa shape index (κ1) is 21.4. The summed E-state index contributed by atoms with van der Waals surface area (Å²) >= 11 is 6.10. The first-order valence-electron chi connectivity index (χ1n) is 10.9. The average molecular weight is 463 g/mol. The van der Waals surface area contributed by atoms with Crippen molar-refractivity contribution in [3.63, 3.8) is 0 Å². The Morgan fingerprint density at radius 3 is 2.76 bits per heavy atom. The van der Waals surface area contributed by atoms with E-state index in [-0.39, 0.29) is 18.4 Å². The van der Waals surface area contributed by atoms with E-state index in [1.807, 2.05) is 18.2 Å². The summed E-state index contributed by atoms with van der Waals surface area (Å²) in [6, 6.07) is 11.5. The monoisotopic (exact) mass is 462 g/mol. The van der Waals surface area contributed by atoms with Gasteiger partial charge < -0.3 is 9.64 Å². The third-order valence-electron chi connectivity index (χ3n) is 6.20. The zero-order valence-corrected chi connectivity index (χ0v) is 19.0. The number of rotatable bonds is 4. The first-order valence-corrected chi connectivity index (χ1v) is 11.2. The van der Waals surface area contributed by atoms with Crippen LogP contribution in [-0.4, -0.2) is 46.9 Å². The highest BCUT2D eigenvalue weighted by atomic mass is 35.5. The summed E-state index contributed by atoms with van der Waals surface area (Å²) < 4.78 is 5.32. The number of fused-ring (bicyclic) bond motifs is 2. The van der Waals surface area contributed by atoms with Crippen molar-refractivity contribution in [2.45, 2.75) is 25.8 Å². The number of amides is 2. The lowest BCUT2D eigenvalue weighted by Gasteiger charge is -2.33. The summed E-state index contributed by atoms with van der Waals surface area (Å²) in [7, 11) is 1.63. The highest BCUT2D eigenvalue weighted by Crippen LogP contribution is 2.30. The molecule has 5 rings (SSSR count). The van der Waals surface area contributed by atoms with E-state index in [9.17, 15) is 9.59 Å². The molecule has 3 aromatic rings. The molecule has 0 N–H and O–H groups in total. The number of anilines is 1. The van der Waals surface area contributed by atoms with Crippen LogP contribution in [0.15, 0.2) is 48.8 Å². The van der Waals surface area contributed by atoms with Gasteiger partial charge in [-0.15, -0.1) is 0 Å². The Hall–Kier alpha value is -3.45. The van der Waals surface area contributed by atoms with Crippen LogP contribution in [-0.2, 0) is 29.0 Å². The van der Waals surface area contributed by atoms with Crippen LogP contribution in [0.3, 0.4) is 0 Å². The van der Waals surface area contributed by atoms with E-state index in [1.165, 1.54) is 10.5 Å². The predicted molar refractivity (Wildman–Crippen MR) is 125 cm³/mol. The van der Waals surface area contributed by atoms with Crippen LogP contribution in [0.25, 0.3) is 11.3 Å². The van der Waals surface area contributed by atoms with Crippen molar-refractivity contribution in [3.05, 3.63) is 70.5 Å². The molecule has 2 amide bonds. The van der Waals surface area contributed by atoms with Gasteiger partial charge in [-0.2, -0.15) is 0 Å². The second-order valence-electron chi connectivity index (χ2n) is 8.25. The van der Waals surface area contributed by atoms with Gasteiger partial charge in [-0.05, 0) is 59.9 Å². The number of hydrogen-bond donors (Lipinski definition) is 0. The molecule has 2 aliphatic heterocycles. The lowest BCUT2D eigenvalue weighted by Crippen LogP contribution is -2.46. The molecule has 0 bridgehead atoms. The molecular formula is C25H23ClN4O3. The molecule has 0 atom stereocenters. The molecule has 7 nitrogen and oxygen atoms in total. The lowest BCUT2D eigenvalue weighted by atomic mass is 9.99. The average Bonchev–Trinajstić information content (AvgIpc) is 2.84. The molecule has 4 heterocycles. The van der Waals surface area contributed by atoms with Gasteiger partial charge in [0.2, 0.25) is 11.8 Å². The van der Waals surface area contributed by atoms with E-state index >= 15 is 0 Å². The quantitative estimate of drug-likeness (QED) is 0.591. The zero-order valence-electron chi connectivity index (χ0n) is 18.3. The molecule has 0 aliphatic carbocycles. The molecular weight excluding hydrogens is 440 g/mol. The van der Waals surface area contributed by atoms with E-state index < -0.39 is 0 Å². The molecule has 0 radical (unpaired) electrons. The third kappa shape index (κ3) is 4.28. The number of aryl methyl sites for hydroxylation is 1. The Morgan fingerprint density at radius 1 is 1.06 bits per heavy atom. The normalized spacial score (nSPS) is 15.2. The second-order valence-corrected chi connectivity index (χ2v) is 8.68. The summed E-state index contributed by atoms with van der Waals surface area (Å²) in [6.45, 7) is 1.11. The van der Waals surface area contributed by atoms with Crippen LogP contribution < -0.4 is 9.64 Å². The summed E-state index contributed by atoms with van der Waals surface area (Å²) in [5.41, 5.74) is 4.78. The van der Waals surface area contributed by atoms with Gasteiger partial charge in [0, 0.05) is 42.5 Å². The molecule has 8 heteroatoms. The topological polar surface area (TPSA) is 75.6 Å². The van der Waals surface area contributed by atoms with Crippen molar-refractivity contribution in [1.82, 2.24) is 14.9 Å². The standard InChI is InChI=1S/C25H23ClN4O3/c1-33-21-4-2-16-7-9-29(14-19(16)11-21)24(32)15-30-23(31)5-3-17-10-18(13-28-25(17)30)22-12-20(26)6-8-27-22/h2,4,6,8,10-13H,3,5,7,9,14-15H2,1H3. The van der Waals surface area contributed by atoms with E-state index in [0.29, 0.717) is 36.8 Å². The molecule has 0 unspecified atom stereocenters. The number of halogens is 1. The Morgan fingerprint density at radius 2 is 1.94 bits per heavy atom. The van der Waals surface area contributed by atoms with Crippen molar-refractivity contribution in [2.75, 3.05) is 25.1 Å². The minimum absolute atomic E-state index is 0.0209. The van der Waals surface area contributed by atoms with Gasteiger partial charge in [0.25, 0.3) is 0 Å². The highest BCUT2D eigenvalue weighted by Gasteiger charge is 2.30. The van der Waals surface area contributed by atoms with Crippen LogP contribution in [0.4, 0.5) is 5.82 Å². The molecule has 0 saturated heterocycles. The Bertz CT molecular complexity index is 1250. The first-order chi connectivity index (χ1) is 16.0. The Kier molecular flexibility index (Phi) is 5.72. The molecule has 0 saturated carbocycles. The van der Waals surface area contributed by atoms with Gasteiger partial charge in [0.15, 0.2) is 0 Å². The van der Waals surface area contributed by atoms with E-state index in [0.717, 1.165) is 34.6 Å². The van der Waals surface area contributed by atoms with Gasteiger partial charge in [0.1, 0.15) is 18.1 Å². The maximum atomic E-state index is 13.2. The Labute approximate surface area is 197 Å². The lowest BCUT2D eigenvalue weighted by molar-refractivity contribution is -0.132. The van der Waals surface area contributed by atoms with E-state index in [2.05, 4.69) is 16.0 Å². The summed E-state index contributed by atoms with van der Waals surface area (Å²) in [6.07, 6.45) is 5.03. The molecule has 33 heavy (non-hydrogen) atoms. The van der Waals surface area contributed by atoms with Crippen molar-refractivity contribution in [1.29, 1.82) is 0 Å². The fourth-order valence-corrected chi connectivity index (χ4v) is 4.56. The van der Waals surface area contributed by atoms with Crippen LogP contribution in [0.2, 0.25) is 5.02 Å². The molecule has 1 aromatic carbocycles. The summed E-state index contributed by atoms with van der Waals surface area (Å²) in [4.78, 5) is 38.1. The van der Waals surface area contributed by atoms with Gasteiger partial charge in [-0.3, -0.25) is 19.5 Å². The summed E-state index contributed by atoms with van der Waals surface area (Å²) in [5.74, 6) is 1.14. The van der Waals surface area contributed by atoms with Crippen molar-refractivity contribution < 1.29 is 14.3 Å². The minimum atomic E-state index is -0.0907. The zero-order chi connectivity index (χ0) is 22.9. The second kappa shape index (κ2) is 8.83. The number of ether oxygens (including phenoxy) is 1. The number of pyridine rings is 2.